The molecular formula is C14H17BrN4O. The van der Waals surface area contributed by atoms with E-state index in [4.69, 9.17) is 5.26 Å². The van der Waals surface area contributed by atoms with Crippen LogP contribution < -0.4 is 10.6 Å². The summed E-state index contributed by atoms with van der Waals surface area (Å²) in [7, 11) is 0. The molecule has 2 N–H and O–H groups in total. The van der Waals surface area contributed by atoms with E-state index in [1.807, 2.05) is 6.07 Å². The van der Waals surface area contributed by atoms with Crippen molar-refractivity contribution in [2.45, 2.75) is 6.42 Å². The third-order valence-electron chi connectivity index (χ3n) is 3.18. The Bertz CT molecular complexity index is 518. The zero-order valence-electron chi connectivity index (χ0n) is 11.2. The second kappa shape index (κ2) is 7.39. The van der Waals surface area contributed by atoms with Crippen LogP contribution in [0.4, 0.5) is 5.69 Å². The normalized spacial score (nSPS) is 16.2. The molecule has 1 heterocycles. The van der Waals surface area contributed by atoms with Crippen LogP contribution in [-0.4, -0.2) is 43.5 Å². The lowest BCUT2D eigenvalue weighted by Crippen LogP contribution is -2.35. The van der Waals surface area contributed by atoms with Gasteiger partial charge >= 0.3 is 0 Å². The lowest BCUT2D eigenvalue weighted by Gasteiger charge is -2.18. The van der Waals surface area contributed by atoms with E-state index >= 15 is 0 Å². The first-order chi connectivity index (χ1) is 9.69. The van der Waals surface area contributed by atoms with E-state index in [9.17, 15) is 4.79 Å². The summed E-state index contributed by atoms with van der Waals surface area (Å²) in [6.45, 7) is 4.08. The fourth-order valence-electron chi connectivity index (χ4n) is 2.17. The molecule has 5 nitrogen and oxygen atoms in total. The number of benzene rings is 1. The summed E-state index contributed by atoms with van der Waals surface area (Å²) < 4.78 is 0.825. The molecule has 2 rings (SSSR count). The summed E-state index contributed by atoms with van der Waals surface area (Å²) in [5.74, 6) is -0.0780. The van der Waals surface area contributed by atoms with E-state index in [2.05, 4.69) is 37.5 Å². The van der Waals surface area contributed by atoms with E-state index in [0.29, 0.717) is 17.8 Å². The van der Waals surface area contributed by atoms with Crippen LogP contribution in [0, 0.1) is 11.3 Å². The van der Waals surface area contributed by atoms with Crippen molar-refractivity contribution in [3.63, 3.8) is 0 Å². The maximum Gasteiger partial charge on any atom is 0.238 e. The molecule has 0 atom stereocenters. The Labute approximate surface area is 127 Å². The lowest BCUT2D eigenvalue weighted by molar-refractivity contribution is -0.117. The first-order valence-electron chi connectivity index (χ1n) is 6.61. The fraction of sp³-hybridized carbons (Fsp3) is 0.429. The van der Waals surface area contributed by atoms with E-state index in [1.54, 1.807) is 12.1 Å². The molecule has 1 aromatic rings. The molecule has 20 heavy (non-hydrogen) atoms. The van der Waals surface area contributed by atoms with Gasteiger partial charge in [0.05, 0.1) is 17.8 Å². The standard InChI is InChI=1S/C14H17BrN4O/c15-12-2-3-13(11(8-12)9-16)18-14(20)10-19-6-1-4-17-5-7-19/h2-3,8,17H,1,4-7,10H2,(H,18,20). The topological polar surface area (TPSA) is 68.2 Å². The van der Waals surface area contributed by atoms with Gasteiger partial charge in [0.15, 0.2) is 0 Å². The average molecular weight is 337 g/mol. The Morgan fingerprint density at radius 3 is 3.10 bits per heavy atom. The van der Waals surface area contributed by atoms with Crippen LogP contribution in [0.25, 0.3) is 0 Å². The number of carbonyl (C=O) groups excluding carboxylic acids is 1. The molecular weight excluding hydrogens is 320 g/mol. The van der Waals surface area contributed by atoms with Gasteiger partial charge in [-0.05, 0) is 37.7 Å². The number of carbonyl (C=O) groups is 1. The van der Waals surface area contributed by atoms with Crippen LogP contribution in [0.1, 0.15) is 12.0 Å². The number of hydrogen-bond acceptors (Lipinski definition) is 4. The van der Waals surface area contributed by atoms with Gasteiger partial charge in [-0.2, -0.15) is 5.26 Å². The predicted octanol–water partition coefficient (Wildman–Crippen LogP) is 1.55. The van der Waals surface area contributed by atoms with Gasteiger partial charge in [0.1, 0.15) is 6.07 Å². The van der Waals surface area contributed by atoms with Crippen LogP contribution in [0.3, 0.4) is 0 Å². The second-order valence-electron chi connectivity index (χ2n) is 4.73. The maximum absolute atomic E-state index is 12.1. The predicted molar refractivity (Wildman–Crippen MR) is 81.4 cm³/mol. The van der Waals surface area contributed by atoms with E-state index in [0.717, 1.165) is 37.1 Å². The number of rotatable bonds is 3. The number of hydrogen-bond donors (Lipinski definition) is 2. The zero-order valence-corrected chi connectivity index (χ0v) is 12.7. The van der Waals surface area contributed by atoms with Gasteiger partial charge in [0.2, 0.25) is 5.91 Å². The third-order valence-corrected chi connectivity index (χ3v) is 3.67. The molecule has 0 aromatic heterocycles. The molecule has 0 saturated carbocycles. The van der Waals surface area contributed by atoms with Crippen LogP contribution in [0.2, 0.25) is 0 Å². The van der Waals surface area contributed by atoms with Gasteiger partial charge in [0.25, 0.3) is 0 Å². The Kier molecular flexibility index (Phi) is 5.53. The fourth-order valence-corrected chi connectivity index (χ4v) is 2.53. The van der Waals surface area contributed by atoms with Crippen LogP contribution in [0.5, 0.6) is 0 Å². The molecule has 0 aliphatic carbocycles. The molecule has 106 valence electrons. The Morgan fingerprint density at radius 2 is 2.30 bits per heavy atom. The summed E-state index contributed by atoms with van der Waals surface area (Å²) in [5.41, 5.74) is 1.03. The summed E-state index contributed by atoms with van der Waals surface area (Å²) >= 11 is 3.31. The van der Waals surface area contributed by atoms with Crippen molar-refractivity contribution < 1.29 is 4.79 Å². The summed E-state index contributed by atoms with van der Waals surface area (Å²) in [6, 6.07) is 7.34. The summed E-state index contributed by atoms with van der Waals surface area (Å²) in [4.78, 5) is 14.2. The molecule has 0 spiro atoms. The highest BCUT2D eigenvalue weighted by atomic mass is 79.9. The number of anilines is 1. The van der Waals surface area contributed by atoms with E-state index in [-0.39, 0.29) is 5.91 Å². The second-order valence-corrected chi connectivity index (χ2v) is 5.65. The number of halogens is 1. The van der Waals surface area contributed by atoms with Crippen molar-refractivity contribution in [2.24, 2.45) is 0 Å². The Balaban J connectivity index is 1.95. The maximum atomic E-state index is 12.1. The van der Waals surface area contributed by atoms with Crippen molar-refractivity contribution >= 4 is 27.5 Å². The van der Waals surface area contributed by atoms with Gasteiger partial charge in [-0.25, -0.2) is 0 Å². The number of nitrogens with one attached hydrogen (secondary N) is 2. The first kappa shape index (κ1) is 15.0. The molecule has 0 radical (unpaired) electrons. The van der Waals surface area contributed by atoms with Gasteiger partial charge in [0, 0.05) is 17.6 Å². The van der Waals surface area contributed by atoms with Gasteiger partial charge in [-0.15, -0.1) is 0 Å². The SMILES string of the molecule is N#Cc1cc(Br)ccc1NC(=O)CN1CCCNCC1. The molecule has 1 saturated heterocycles. The molecule has 0 bridgehead atoms. The van der Waals surface area contributed by atoms with E-state index < -0.39 is 0 Å². The highest BCUT2D eigenvalue weighted by Gasteiger charge is 2.14. The molecule has 1 aromatic carbocycles. The van der Waals surface area contributed by atoms with Crippen LogP contribution in [0.15, 0.2) is 22.7 Å². The van der Waals surface area contributed by atoms with Crippen molar-refractivity contribution in [1.29, 1.82) is 5.26 Å². The lowest BCUT2D eigenvalue weighted by atomic mass is 10.2. The van der Waals surface area contributed by atoms with Gasteiger partial charge < -0.3 is 10.6 Å². The minimum Gasteiger partial charge on any atom is -0.324 e. The summed E-state index contributed by atoms with van der Waals surface area (Å²) in [5, 5.41) is 15.2. The highest BCUT2D eigenvalue weighted by molar-refractivity contribution is 9.10. The smallest absolute Gasteiger partial charge is 0.238 e. The number of nitrogens with zero attached hydrogens (tertiary/aromatic N) is 2. The van der Waals surface area contributed by atoms with Gasteiger partial charge in [-0.3, -0.25) is 9.69 Å². The van der Waals surface area contributed by atoms with Crippen molar-refractivity contribution in [3.8, 4) is 6.07 Å². The first-order valence-corrected chi connectivity index (χ1v) is 7.41. The van der Waals surface area contributed by atoms with Crippen molar-refractivity contribution in [1.82, 2.24) is 10.2 Å². The molecule has 1 aliphatic heterocycles. The molecule has 1 aliphatic rings. The van der Waals surface area contributed by atoms with Crippen LogP contribution >= 0.6 is 15.9 Å². The molecule has 1 amide bonds. The highest BCUT2D eigenvalue weighted by Crippen LogP contribution is 2.20. The zero-order chi connectivity index (χ0) is 14.4. The third kappa shape index (κ3) is 4.30. The van der Waals surface area contributed by atoms with Crippen LogP contribution in [-0.2, 0) is 4.79 Å². The minimum atomic E-state index is -0.0780. The number of amides is 1. The quantitative estimate of drug-likeness (QED) is 0.878. The number of nitriles is 1. The Morgan fingerprint density at radius 1 is 1.45 bits per heavy atom. The minimum absolute atomic E-state index is 0.0780. The monoisotopic (exact) mass is 336 g/mol. The van der Waals surface area contributed by atoms with Crippen molar-refractivity contribution in [2.75, 3.05) is 38.0 Å². The van der Waals surface area contributed by atoms with Gasteiger partial charge in [-0.1, -0.05) is 15.9 Å². The average Bonchev–Trinajstić information content (AvgIpc) is 2.69. The Hall–Kier alpha value is -1.42. The van der Waals surface area contributed by atoms with E-state index in [1.165, 1.54) is 0 Å². The largest absolute Gasteiger partial charge is 0.324 e. The molecule has 6 heteroatoms. The molecule has 0 unspecified atom stereocenters. The summed E-state index contributed by atoms with van der Waals surface area (Å²) in [6.07, 6.45) is 1.05. The van der Waals surface area contributed by atoms with Crippen molar-refractivity contribution in [3.05, 3.63) is 28.2 Å². The molecule has 1 fully saturated rings.